The first-order valence-electron chi connectivity index (χ1n) is 6.54. The van der Waals surface area contributed by atoms with Crippen molar-refractivity contribution in [1.82, 2.24) is 4.72 Å². The van der Waals surface area contributed by atoms with Crippen molar-refractivity contribution < 1.29 is 26.3 Å². The van der Waals surface area contributed by atoms with E-state index >= 15 is 0 Å². The van der Waals surface area contributed by atoms with Gasteiger partial charge in [-0.1, -0.05) is 19.1 Å². The van der Waals surface area contributed by atoms with Gasteiger partial charge in [0.25, 0.3) is 0 Å². The molecule has 0 spiro atoms. The third-order valence-corrected chi connectivity index (χ3v) is 4.94. The zero-order chi connectivity index (χ0) is 15.7. The predicted molar refractivity (Wildman–Crippen MR) is 70.2 cm³/mol. The highest BCUT2D eigenvalue weighted by Crippen LogP contribution is 2.31. The summed E-state index contributed by atoms with van der Waals surface area (Å²) in [5.41, 5.74) is 0. The molecule has 1 aliphatic carbocycles. The summed E-state index contributed by atoms with van der Waals surface area (Å²) in [5, 5.41) is 0. The Kier molecular flexibility index (Phi) is 4.48. The molecule has 0 amide bonds. The zero-order valence-corrected chi connectivity index (χ0v) is 12.2. The summed E-state index contributed by atoms with van der Waals surface area (Å²) in [7, 11) is -4.05. The highest BCUT2D eigenvalue weighted by atomic mass is 32.2. The molecule has 1 N–H and O–H groups in total. The van der Waals surface area contributed by atoms with Crippen LogP contribution >= 0.6 is 0 Å². The van der Waals surface area contributed by atoms with Crippen molar-refractivity contribution in [2.45, 2.75) is 43.5 Å². The van der Waals surface area contributed by atoms with Gasteiger partial charge in [-0.2, -0.15) is 0 Å². The number of hydrogen-bond donors (Lipinski definition) is 1. The molecule has 0 aromatic heterocycles. The Morgan fingerprint density at radius 3 is 2.48 bits per heavy atom. The minimum atomic E-state index is -4.94. The second-order valence-electron chi connectivity index (χ2n) is 5.23. The van der Waals surface area contributed by atoms with Gasteiger partial charge < -0.3 is 4.74 Å². The molecule has 1 aromatic carbocycles. The topological polar surface area (TPSA) is 55.4 Å². The smallest absolute Gasteiger partial charge is 0.404 e. The monoisotopic (exact) mass is 323 g/mol. The van der Waals surface area contributed by atoms with E-state index in [1.54, 1.807) is 0 Å². The number of hydrogen-bond acceptors (Lipinski definition) is 3. The second-order valence-corrected chi connectivity index (χ2v) is 6.91. The van der Waals surface area contributed by atoms with Crippen LogP contribution in [-0.2, 0) is 10.0 Å². The molecule has 2 rings (SSSR count). The van der Waals surface area contributed by atoms with Gasteiger partial charge in [0.2, 0.25) is 10.0 Å². The van der Waals surface area contributed by atoms with E-state index in [4.69, 9.17) is 0 Å². The Labute approximate surface area is 121 Å². The molecule has 1 saturated carbocycles. The number of para-hydroxylation sites is 1. The predicted octanol–water partition coefficient (Wildman–Crippen LogP) is 3.05. The number of sulfonamides is 1. The zero-order valence-electron chi connectivity index (χ0n) is 11.4. The van der Waals surface area contributed by atoms with E-state index in [1.807, 2.05) is 6.92 Å². The maximum Gasteiger partial charge on any atom is 0.573 e. The molecule has 2 unspecified atom stereocenters. The molecular formula is C13H16F3NO3S. The molecule has 0 radical (unpaired) electrons. The van der Waals surface area contributed by atoms with E-state index in [0.717, 1.165) is 18.6 Å². The second kappa shape index (κ2) is 5.84. The van der Waals surface area contributed by atoms with Crippen LogP contribution < -0.4 is 9.46 Å². The van der Waals surface area contributed by atoms with Crippen molar-refractivity contribution in [1.29, 1.82) is 0 Å². The van der Waals surface area contributed by atoms with Crippen molar-refractivity contribution in [2.75, 3.05) is 0 Å². The summed E-state index contributed by atoms with van der Waals surface area (Å²) in [4.78, 5) is -0.498. The van der Waals surface area contributed by atoms with Gasteiger partial charge in [-0.25, -0.2) is 13.1 Å². The molecule has 0 heterocycles. The van der Waals surface area contributed by atoms with Crippen LogP contribution in [0.2, 0.25) is 0 Å². The van der Waals surface area contributed by atoms with Crippen molar-refractivity contribution in [3.05, 3.63) is 24.3 Å². The molecule has 21 heavy (non-hydrogen) atoms. The quantitative estimate of drug-likeness (QED) is 0.926. The van der Waals surface area contributed by atoms with E-state index in [-0.39, 0.29) is 6.04 Å². The van der Waals surface area contributed by atoms with Crippen LogP contribution in [0.5, 0.6) is 5.75 Å². The average molecular weight is 323 g/mol. The lowest BCUT2D eigenvalue weighted by Gasteiger charge is -2.16. The molecular weight excluding hydrogens is 307 g/mol. The Morgan fingerprint density at radius 2 is 1.90 bits per heavy atom. The highest BCUT2D eigenvalue weighted by molar-refractivity contribution is 7.89. The largest absolute Gasteiger partial charge is 0.573 e. The molecule has 0 aliphatic heterocycles. The lowest BCUT2D eigenvalue weighted by molar-refractivity contribution is -0.275. The molecule has 1 fully saturated rings. The Morgan fingerprint density at radius 1 is 1.24 bits per heavy atom. The molecule has 118 valence electrons. The highest BCUT2D eigenvalue weighted by Gasteiger charge is 2.35. The summed E-state index contributed by atoms with van der Waals surface area (Å²) in [6.07, 6.45) is -2.68. The molecule has 0 bridgehead atoms. The molecule has 4 nitrogen and oxygen atoms in total. The number of ether oxygens (including phenoxy) is 1. The fourth-order valence-electron chi connectivity index (χ4n) is 2.48. The van der Waals surface area contributed by atoms with Crippen LogP contribution in [0.4, 0.5) is 13.2 Å². The first-order valence-corrected chi connectivity index (χ1v) is 8.03. The van der Waals surface area contributed by atoms with Gasteiger partial charge in [0.05, 0.1) is 0 Å². The van der Waals surface area contributed by atoms with Crippen LogP contribution in [0.25, 0.3) is 0 Å². The number of rotatable bonds is 4. The first-order chi connectivity index (χ1) is 9.67. The molecule has 2 atom stereocenters. The van der Waals surface area contributed by atoms with Crippen molar-refractivity contribution in [3.8, 4) is 5.75 Å². The summed E-state index contributed by atoms with van der Waals surface area (Å²) >= 11 is 0. The maximum absolute atomic E-state index is 12.3. The van der Waals surface area contributed by atoms with Crippen LogP contribution in [0, 0.1) is 5.92 Å². The Hall–Kier alpha value is -1.28. The van der Waals surface area contributed by atoms with Gasteiger partial charge in [0.15, 0.2) is 0 Å². The van der Waals surface area contributed by atoms with Crippen LogP contribution in [0.3, 0.4) is 0 Å². The summed E-state index contributed by atoms with van der Waals surface area (Å²) < 4.78 is 67.7. The molecule has 0 saturated heterocycles. The van der Waals surface area contributed by atoms with Crippen LogP contribution in [-0.4, -0.2) is 20.8 Å². The molecule has 8 heteroatoms. The van der Waals surface area contributed by atoms with E-state index < -0.39 is 27.0 Å². The number of alkyl halides is 3. The van der Waals surface area contributed by atoms with Gasteiger partial charge in [-0.15, -0.1) is 13.2 Å². The molecule has 1 aromatic rings. The number of benzene rings is 1. The number of nitrogens with one attached hydrogen (secondary N) is 1. The van der Waals surface area contributed by atoms with Gasteiger partial charge in [0.1, 0.15) is 10.6 Å². The van der Waals surface area contributed by atoms with E-state index in [1.165, 1.54) is 12.1 Å². The van der Waals surface area contributed by atoms with Crippen molar-refractivity contribution in [3.63, 3.8) is 0 Å². The van der Waals surface area contributed by atoms with Crippen LogP contribution in [0.1, 0.15) is 26.2 Å². The normalized spacial score (nSPS) is 23.2. The van der Waals surface area contributed by atoms with Crippen molar-refractivity contribution >= 4 is 10.0 Å². The molecule has 1 aliphatic rings. The van der Waals surface area contributed by atoms with Gasteiger partial charge in [-0.3, -0.25) is 0 Å². The van der Waals surface area contributed by atoms with Gasteiger partial charge in [0, 0.05) is 6.04 Å². The van der Waals surface area contributed by atoms with E-state index in [2.05, 4.69) is 9.46 Å². The Balaban J connectivity index is 2.23. The van der Waals surface area contributed by atoms with Gasteiger partial charge in [-0.05, 0) is 37.3 Å². The number of halogens is 3. The fourth-order valence-corrected chi connectivity index (χ4v) is 3.89. The lowest BCUT2D eigenvalue weighted by Crippen LogP contribution is -2.33. The fraction of sp³-hybridized carbons (Fsp3) is 0.538. The lowest BCUT2D eigenvalue weighted by atomic mass is 10.1. The van der Waals surface area contributed by atoms with Crippen molar-refractivity contribution in [2.24, 2.45) is 5.92 Å². The van der Waals surface area contributed by atoms with E-state index in [0.29, 0.717) is 18.8 Å². The minimum Gasteiger partial charge on any atom is -0.404 e. The minimum absolute atomic E-state index is 0.246. The average Bonchev–Trinajstić information content (AvgIpc) is 2.72. The third kappa shape index (κ3) is 4.34. The Bertz CT molecular complexity index is 601. The standard InChI is InChI=1S/C13H16F3NO3S/c1-9-6-7-10(8-9)17-21(18,19)12-5-3-2-4-11(12)20-13(14,15)16/h2-5,9-10,17H,6-8H2,1H3. The van der Waals surface area contributed by atoms with Gasteiger partial charge >= 0.3 is 6.36 Å². The summed E-state index contributed by atoms with van der Waals surface area (Å²) in [6.45, 7) is 2.01. The third-order valence-electron chi connectivity index (χ3n) is 3.38. The van der Waals surface area contributed by atoms with E-state index in [9.17, 15) is 21.6 Å². The summed E-state index contributed by atoms with van der Waals surface area (Å²) in [6, 6.07) is 4.48. The SMILES string of the molecule is CC1CCC(NS(=O)(=O)c2ccccc2OC(F)(F)F)C1. The van der Waals surface area contributed by atoms with Crippen LogP contribution in [0.15, 0.2) is 29.2 Å². The first kappa shape index (κ1) is 16.1. The summed E-state index contributed by atoms with van der Waals surface area (Å²) in [5.74, 6) is -0.317. The maximum atomic E-state index is 12.3.